The first-order chi connectivity index (χ1) is 5.88. The first-order valence-electron chi connectivity index (χ1n) is 2.97. The second kappa shape index (κ2) is 3.59. The molecule has 2 N–H and O–H groups in total. The van der Waals surface area contributed by atoms with Gasteiger partial charge in [0.1, 0.15) is 0 Å². The molecule has 86 valence electrons. The van der Waals surface area contributed by atoms with Gasteiger partial charge in [-0.3, -0.25) is 4.55 Å². The highest BCUT2D eigenvalue weighted by atomic mass is 32.2. The van der Waals surface area contributed by atoms with Crippen LogP contribution < -0.4 is 0 Å². The van der Waals surface area contributed by atoms with E-state index in [1.807, 2.05) is 0 Å². The van der Waals surface area contributed by atoms with E-state index in [2.05, 4.69) is 0 Å². The third-order valence-electron chi connectivity index (χ3n) is 1.19. The molecule has 0 aliphatic carbocycles. The third kappa shape index (κ3) is 3.35. The molecular formula is C4H5F5O4S. The van der Waals surface area contributed by atoms with Crippen LogP contribution in [-0.2, 0) is 10.1 Å². The van der Waals surface area contributed by atoms with Crippen molar-refractivity contribution in [1.82, 2.24) is 0 Å². The van der Waals surface area contributed by atoms with Gasteiger partial charge in [-0.2, -0.15) is 30.4 Å². The Morgan fingerprint density at radius 3 is 1.71 bits per heavy atom. The maximum absolute atomic E-state index is 12.1. The van der Waals surface area contributed by atoms with Gasteiger partial charge in [0.05, 0.1) is 6.42 Å². The lowest BCUT2D eigenvalue weighted by molar-refractivity contribution is -0.287. The molecule has 0 radical (unpaired) electrons. The van der Waals surface area contributed by atoms with Crippen LogP contribution in [-0.4, -0.2) is 35.6 Å². The summed E-state index contributed by atoms with van der Waals surface area (Å²) in [5.74, 6) is -5.37. The number of hydrogen-bond acceptors (Lipinski definition) is 3. The number of rotatable bonds is 3. The van der Waals surface area contributed by atoms with Crippen molar-refractivity contribution in [2.75, 3.05) is 0 Å². The zero-order chi connectivity index (χ0) is 11.8. The lowest BCUT2D eigenvalue weighted by atomic mass is 10.2. The summed E-state index contributed by atoms with van der Waals surface area (Å²) in [5, 5.41) is 8.27. The van der Waals surface area contributed by atoms with Crippen molar-refractivity contribution >= 4 is 10.1 Å². The minimum absolute atomic E-state index is 2.44. The van der Waals surface area contributed by atoms with E-state index in [4.69, 9.17) is 9.66 Å². The van der Waals surface area contributed by atoms with Gasteiger partial charge < -0.3 is 5.11 Å². The van der Waals surface area contributed by atoms with E-state index in [0.717, 1.165) is 0 Å². The van der Waals surface area contributed by atoms with Crippen molar-refractivity contribution in [1.29, 1.82) is 0 Å². The van der Waals surface area contributed by atoms with E-state index < -0.39 is 34.1 Å². The topological polar surface area (TPSA) is 74.6 Å². The molecule has 14 heavy (non-hydrogen) atoms. The fourth-order valence-corrected chi connectivity index (χ4v) is 0.860. The highest BCUT2D eigenvalue weighted by molar-refractivity contribution is 7.86. The smallest absolute Gasteiger partial charge is 0.375 e. The van der Waals surface area contributed by atoms with E-state index in [9.17, 15) is 30.4 Å². The summed E-state index contributed by atoms with van der Waals surface area (Å²) in [6.07, 6.45) is -8.41. The molecule has 0 aliphatic rings. The summed E-state index contributed by atoms with van der Waals surface area (Å²) in [5.41, 5.74) is -3.17. The highest BCUT2D eigenvalue weighted by Gasteiger charge is 2.59. The van der Waals surface area contributed by atoms with Crippen LogP contribution in [0.4, 0.5) is 22.0 Å². The monoisotopic (exact) mass is 244 g/mol. The molecule has 0 bridgehead atoms. The summed E-state index contributed by atoms with van der Waals surface area (Å²) in [7, 11) is -5.32. The molecular weight excluding hydrogens is 239 g/mol. The summed E-state index contributed by atoms with van der Waals surface area (Å²) in [6, 6.07) is 0. The van der Waals surface area contributed by atoms with Crippen molar-refractivity contribution < 1.29 is 40.0 Å². The van der Waals surface area contributed by atoms with Gasteiger partial charge in [0.25, 0.3) is 10.1 Å². The van der Waals surface area contributed by atoms with Crippen molar-refractivity contribution in [2.24, 2.45) is 0 Å². The van der Waals surface area contributed by atoms with Gasteiger partial charge in [-0.1, -0.05) is 0 Å². The van der Waals surface area contributed by atoms with Crippen LogP contribution in [0.5, 0.6) is 0 Å². The van der Waals surface area contributed by atoms with E-state index >= 15 is 0 Å². The number of aliphatic hydroxyl groups is 1. The first-order valence-corrected chi connectivity index (χ1v) is 4.47. The summed E-state index contributed by atoms with van der Waals surface area (Å²) < 4.78 is 86.3. The van der Waals surface area contributed by atoms with E-state index in [0.29, 0.717) is 0 Å². The van der Waals surface area contributed by atoms with Crippen molar-refractivity contribution in [2.45, 2.75) is 24.0 Å². The molecule has 0 rings (SSSR count). The number of hydrogen-bond donors (Lipinski definition) is 2. The molecule has 0 aromatic rings. The molecule has 0 saturated carbocycles. The lowest BCUT2D eigenvalue weighted by Gasteiger charge is -2.20. The fourth-order valence-electron chi connectivity index (χ4n) is 0.440. The first kappa shape index (κ1) is 13.5. The Labute approximate surface area is 75.1 Å². The second-order valence-corrected chi connectivity index (χ2v) is 3.95. The number of halogens is 5. The highest BCUT2D eigenvalue weighted by Crippen LogP contribution is 2.39. The van der Waals surface area contributed by atoms with Crippen LogP contribution in [0.15, 0.2) is 0 Å². The van der Waals surface area contributed by atoms with Gasteiger partial charge in [-0.15, -0.1) is 0 Å². The Bertz CT molecular complexity index is 293. The van der Waals surface area contributed by atoms with Gasteiger partial charge >= 0.3 is 12.1 Å². The van der Waals surface area contributed by atoms with Gasteiger partial charge in [0, 0.05) is 0 Å². The van der Waals surface area contributed by atoms with Crippen LogP contribution in [0.25, 0.3) is 0 Å². The SMILES string of the molecule is O=S(=O)(O)C(O)CC(F)(F)C(F)(F)F. The second-order valence-electron chi connectivity index (χ2n) is 2.38. The zero-order valence-corrected chi connectivity index (χ0v) is 7.11. The summed E-state index contributed by atoms with van der Waals surface area (Å²) >= 11 is 0. The van der Waals surface area contributed by atoms with Crippen molar-refractivity contribution in [3.8, 4) is 0 Å². The molecule has 1 atom stereocenters. The summed E-state index contributed by atoms with van der Waals surface area (Å²) in [4.78, 5) is 0. The van der Waals surface area contributed by atoms with Crippen LogP contribution in [0.3, 0.4) is 0 Å². The van der Waals surface area contributed by atoms with Crippen LogP contribution in [0, 0.1) is 0 Å². The average molecular weight is 244 g/mol. The van der Waals surface area contributed by atoms with Crippen molar-refractivity contribution in [3.05, 3.63) is 0 Å². The molecule has 0 aromatic carbocycles. The zero-order valence-electron chi connectivity index (χ0n) is 6.29. The predicted octanol–water partition coefficient (Wildman–Crippen LogP) is 0.780. The Kier molecular flexibility index (Phi) is 3.46. The molecule has 0 heterocycles. The average Bonchev–Trinajstić information content (AvgIpc) is 1.80. The maximum Gasteiger partial charge on any atom is 0.453 e. The molecule has 4 nitrogen and oxygen atoms in total. The fraction of sp³-hybridized carbons (Fsp3) is 1.00. The van der Waals surface area contributed by atoms with Crippen LogP contribution in [0.2, 0.25) is 0 Å². The minimum Gasteiger partial charge on any atom is -0.375 e. The summed E-state index contributed by atoms with van der Waals surface area (Å²) in [6.45, 7) is 0. The molecule has 0 aliphatic heterocycles. The molecule has 0 aromatic heterocycles. The molecule has 0 saturated heterocycles. The standard InChI is InChI=1S/C4H5F5O4S/c5-3(6,4(7,8)9)1-2(10)14(11,12)13/h2,10H,1H2,(H,11,12,13). The molecule has 1 unspecified atom stereocenters. The Morgan fingerprint density at radius 2 is 1.50 bits per heavy atom. The van der Waals surface area contributed by atoms with Gasteiger partial charge in [-0.05, 0) is 0 Å². The van der Waals surface area contributed by atoms with Gasteiger partial charge in [-0.25, -0.2) is 0 Å². The molecule has 10 heteroatoms. The maximum atomic E-state index is 12.1. The lowest BCUT2D eigenvalue weighted by Crippen LogP contribution is -2.41. The van der Waals surface area contributed by atoms with Crippen LogP contribution >= 0.6 is 0 Å². The normalized spacial score (nSPS) is 16.8. The molecule has 0 fully saturated rings. The molecule has 0 spiro atoms. The van der Waals surface area contributed by atoms with Gasteiger partial charge in [0.2, 0.25) is 0 Å². The largest absolute Gasteiger partial charge is 0.453 e. The third-order valence-corrected chi connectivity index (χ3v) is 2.04. The Balaban J connectivity index is 4.70. The quantitative estimate of drug-likeness (QED) is 0.568. The van der Waals surface area contributed by atoms with E-state index in [1.165, 1.54) is 0 Å². The predicted molar refractivity (Wildman–Crippen MR) is 33.2 cm³/mol. The molecule has 0 amide bonds. The van der Waals surface area contributed by atoms with E-state index in [1.54, 1.807) is 0 Å². The minimum atomic E-state index is -5.97. The van der Waals surface area contributed by atoms with Crippen molar-refractivity contribution in [3.63, 3.8) is 0 Å². The Hall–Kier alpha value is -0.480. The number of aliphatic hydroxyl groups excluding tert-OH is 1. The van der Waals surface area contributed by atoms with Gasteiger partial charge in [0.15, 0.2) is 5.44 Å². The number of alkyl halides is 5. The Morgan fingerprint density at radius 1 is 1.14 bits per heavy atom. The van der Waals surface area contributed by atoms with Crippen LogP contribution in [0.1, 0.15) is 6.42 Å². The van der Waals surface area contributed by atoms with E-state index in [-0.39, 0.29) is 0 Å².